The molecule has 0 atom stereocenters. The van der Waals surface area contributed by atoms with Crippen LogP contribution in [0.4, 0.5) is 0 Å². The highest BCUT2D eigenvalue weighted by molar-refractivity contribution is 7.78. The van der Waals surface area contributed by atoms with Crippen LogP contribution in [0.2, 0.25) is 0 Å². The molecule has 10 heteroatoms. The fraction of sp³-hybridized carbons (Fsp3) is 1.00. The van der Waals surface area contributed by atoms with Gasteiger partial charge >= 0.3 is 7.60 Å². The molecule has 0 bridgehead atoms. The molecule has 0 aliphatic carbocycles. The van der Waals surface area contributed by atoms with E-state index >= 15 is 0 Å². The summed E-state index contributed by atoms with van der Waals surface area (Å²) in [6, 6.07) is 0. The summed E-state index contributed by atoms with van der Waals surface area (Å²) in [6.45, 7) is 5.89. The van der Waals surface area contributed by atoms with E-state index in [2.05, 4.69) is 0 Å². The summed E-state index contributed by atoms with van der Waals surface area (Å²) in [7, 11) is -10.1. The molecule has 0 spiro atoms. The highest BCUT2D eigenvalue weighted by Crippen LogP contribution is 2.76. The van der Waals surface area contributed by atoms with Gasteiger partial charge in [-0.3, -0.25) is 4.57 Å². The van der Waals surface area contributed by atoms with Crippen LogP contribution in [-0.2, 0) is 18.2 Å². The van der Waals surface area contributed by atoms with Crippen LogP contribution >= 0.6 is 38.4 Å². The molecule has 0 rings (SSSR count). The SMILES string of the molecule is CC(C)OP(=O)(OC(C)C)C(Cl)(Cl)P(=O)([O-])[O-]. The Labute approximate surface area is 110 Å². The predicted molar refractivity (Wildman–Crippen MR) is 62.1 cm³/mol. The molecule has 0 radical (unpaired) electrons. The molecule has 6 nitrogen and oxygen atoms in total. The summed E-state index contributed by atoms with van der Waals surface area (Å²) < 4.78 is 29.7. The van der Waals surface area contributed by atoms with E-state index in [1.807, 2.05) is 0 Å². The van der Waals surface area contributed by atoms with Gasteiger partial charge in [-0.15, -0.1) is 0 Å². The molecule has 0 aromatic heterocycles. The first-order chi connectivity index (χ1) is 7.33. The number of alkyl halides is 2. The first-order valence-corrected chi connectivity index (χ1v) is 8.54. The van der Waals surface area contributed by atoms with Crippen LogP contribution in [0, 0.1) is 0 Å². The van der Waals surface area contributed by atoms with E-state index in [0.717, 1.165) is 0 Å². The van der Waals surface area contributed by atoms with Gasteiger partial charge in [-0.2, -0.15) is 0 Å². The van der Waals surface area contributed by atoms with E-state index in [0.29, 0.717) is 0 Å². The van der Waals surface area contributed by atoms with Crippen LogP contribution in [0.3, 0.4) is 0 Å². The Morgan fingerprint density at radius 1 is 1.00 bits per heavy atom. The molecule has 0 unspecified atom stereocenters. The minimum absolute atomic E-state index is 0.678. The highest BCUT2D eigenvalue weighted by Gasteiger charge is 2.52. The van der Waals surface area contributed by atoms with Gasteiger partial charge in [0.25, 0.3) is 0 Å². The first kappa shape index (κ1) is 17.9. The summed E-state index contributed by atoms with van der Waals surface area (Å²) in [6.07, 6.45) is -1.36. The predicted octanol–water partition coefficient (Wildman–Crippen LogP) is 2.03. The van der Waals surface area contributed by atoms with Gasteiger partial charge in [0, 0.05) is 0 Å². The Hall–Kier alpha value is 0.880. The molecule has 0 aromatic carbocycles. The molecule has 0 aliphatic rings. The molecule has 0 fully saturated rings. The van der Waals surface area contributed by atoms with Gasteiger partial charge in [0.05, 0.1) is 12.2 Å². The summed E-state index contributed by atoms with van der Waals surface area (Å²) in [5.41, 5.74) is 0. The lowest BCUT2D eigenvalue weighted by Gasteiger charge is -2.44. The van der Waals surface area contributed by atoms with Crippen molar-refractivity contribution in [2.24, 2.45) is 0 Å². The Kier molecular flexibility index (Phi) is 6.20. The Bertz CT molecular complexity index is 336. The lowest BCUT2D eigenvalue weighted by molar-refractivity contribution is -0.314. The van der Waals surface area contributed by atoms with Gasteiger partial charge in [-0.25, -0.2) is 0 Å². The standard InChI is InChI=1S/C7H16Cl2O6P2/c1-5(2)14-17(13,15-6(3)4)7(8,9)16(10,11)12/h5-6H,1-4H3,(H2,10,11,12)/p-2. The van der Waals surface area contributed by atoms with E-state index in [4.69, 9.17) is 32.2 Å². The quantitative estimate of drug-likeness (QED) is 0.547. The van der Waals surface area contributed by atoms with Crippen LogP contribution in [0.25, 0.3) is 0 Å². The minimum Gasteiger partial charge on any atom is -0.808 e. The molecular weight excluding hydrogens is 313 g/mol. The van der Waals surface area contributed by atoms with E-state index in [1.54, 1.807) is 0 Å². The minimum atomic E-state index is -5.58. The zero-order valence-electron chi connectivity index (χ0n) is 9.75. The van der Waals surface area contributed by atoms with Crippen LogP contribution in [0.5, 0.6) is 0 Å². The third-order valence-corrected chi connectivity index (χ3v) is 8.03. The number of hydrogen-bond acceptors (Lipinski definition) is 6. The zero-order valence-corrected chi connectivity index (χ0v) is 13.1. The van der Waals surface area contributed by atoms with Crippen LogP contribution in [0.1, 0.15) is 27.7 Å². The number of halogens is 2. The van der Waals surface area contributed by atoms with E-state index < -0.39 is 31.2 Å². The molecule has 0 aromatic rings. The van der Waals surface area contributed by atoms with Crippen molar-refractivity contribution in [1.29, 1.82) is 0 Å². The smallest absolute Gasteiger partial charge is 0.371 e. The van der Waals surface area contributed by atoms with Crippen molar-refractivity contribution in [3.05, 3.63) is 0 Å². The third kappa shape index (κ3) is 4.48. The fourth-order valence-corrected chi connectivity index (χ4v) is 4.23. The topological polar surface area (TPSA) is 98.7 Å². The second kappa shape index (κ2) is 5.89. The number of rotatable bonds is 6. The van der Waals surface area contributed by atoms with E-state index in [9.17, 15) is 18.9 Å². The monoisotopic (exact) mass is 326 g/mol. The molecule has 0 saturated heterocycles. The molecule has 0 aliphatic heterocycles. The summed E-state index contributed by atoms with van der Waals surface area (Å²) in [5, 5.41) is 0. The third-order valence-electron chi connectivity index (χ3n) is 1.36. The summed E-state index contributed by atoms with van der Waals surface area (Å²) >= 11 is 10.7. The van der Waals surface area contributed by atoms with Crippen molar-refractivity contribution in [2.75, 3.05) is 0 Å². The molecule has 0 N–H and O–H groups in total. The van der Waals surface area contributed by atoms with E-state index in [-0.39, 0.29) is 0 Å². The molecular formula is C7H14Cl2O6P2-2. The van der Waals surface area contributed by atoms with Gasteiger partial charge in [-0.1, -0.05) is 23.2 Å². The maximum Gasteiger partial charge on any atom is 0.371 e. The number of hydrogen-bond donors (Lipinski definition) is 0. The van der Waals surface area contributed by atoms with Crippen molar-refractivity contribution in [2.45, 2.75) is 43.7 Å². The highest BCUT2D eigenvalue weighted by atomic mass is 35.5. The van der Waals surface area contributed by atoms with Crippen molar-refractivity contribution >= 4 is 38.4 Å². The molecule has 104 valence electrons. The van der Waals surface area contributed by atoms with Crippen molar-refractivity contribution < 1.29 is 28.0 Å². The fourth-order valence-electron chi connectivity index (χ4n) is 0.857. The molecule has 0 amide bonds. The summed E-state index contributed by atoms with van der Waals surface area (Å²) in [4.78, 5) is 21.9. The van der Waals surface area contributed by atoms with Crippen molar-refractivity contribution in [3.63, 3.8) is 0 Å². The van der Waals surface area contributed by atoms with Gasteiger partial charge in [-0.05, 0) is 35.3 Å². The van der Waals surface area contributed by atoms with E-state index in [1.165, 1.54) is 27.7 Å². The maximum atomic E-state index is 12.2. The van der Waals surface area contributed by atoms with Crippen LogP contribution in [0.15, 0.2) is 0 Å². The zero-order chi connectivity index (χ0) is 14.1. The molecule has 17 heavy (non-hydrogen) atoms. The molecule has 0 saturated carbocycles. The van der Waals surface area contributed by atoms with Gasteiger partial charge in [0.2, 0.25) is 3.82 Å². The van der Waals surface area contributed by atoms with Crippen LogP contribution in [-0.4, -0.2) is 16.0 Å². The second-order valence-electron chi connectivity index (χ2n) is 3.81. The van der Waals surface area contributed by atoms with Gasteiger partial charge in [0.1, 0.15) is 0 Å². The second-order valence-corrected chi connectivity index (χ2v) is 10.3. The van der Waals surface area contributed by atoms with Crippen molar-refractivity contribution in [1.82, 2.24) is 0 Å². The Morgan fingerprint density at radius 3 is 1.47 bits per heavy atom. The Morgan fingerprint density at radius 2 is 1.29 bits per heavy atom. The lowest BCUT2D eigenvalue weighted by atomic mass is 10.5. The van der Waals surface area contributed by atoms with Crippen LogP contribution < -0.4 is 9.79 Å². The van der Waals surface area contributed by atoms with Crippen molar-refractivity contribution in [3.8, 4) is 0 Å². The molecule has 0 heterocycles. The normalized spacial score (nSPS) is 14.7. The maximum absolute atomic E-state index is 12.2. The largest absolute Gasteiger partial charge is 0.808 e. The average molecular weight is 327 g/mol. The summed E-state index contributed by atoms with van der Waals surface area (Å²) in [5.74, 6) is 0. The Balaban J connectivity index is 5.47. The average Bonchev–Trinajstić information content (AvgIpc) is 1.97. The lowest BCUT2D eigenvalue weighted by Crippen LogP contribution is -2.32. The van der Waals surface area contributed by atoms with Gasteiger partial charge < -0.3 is 23.4 Å². The first-order valence-electron chi connectivity index (χ1n) is 4.70. The van der Waals surface area contributed by atoms with Gasteiger partial charge in [0.15, 0.2) is 0 Å².